The van der Waals surface area contributed by atoms with Crippen molar-refractivity contribution in [1.82, 2.24) is 10.2 Å². The molecule has 2 aliphatic rings. The lowest BCUT2D eigenvalue weighted by Gasteiger charge is -2.41. The van der Waals surface area contributed by atoms with Gasteiger partial charge in [0.15, 0.2) is 11.5 Å². The zero-order valence-corrected chi connectivity index (χ0v) is 17.3. The van der Waals surface area contributed by atoms with Gasteiger partial charge in [0.2, 0.25) is 5.75 Å². The van der Waals surface area contributed by atoms with E-state index in [1.165, 1.54) is 37.7 Å². The monoisotopic (exact) mass is 406 g/mol. The van der Waals surface area contributed by atoms with Crippen molar-refractivity contribution in [1.29, 1.82) is 0 Å². The summed E-state index contributed by atoms with van der Waals surface area (Å²) in [6.45, 7) is 4.20. The molecule has 26 heavy (non-hydrogen) atoms. The van der Waals surface area contributed by atoms with E-state index >= 15 is 0 Å². The molecule has 2 fully saturated rings. The maximum Gasteiger partial charge on any atom is 0.200 e. The highest BCUT2D eigenvalue weighted by atomic mass is 35.5. The predicted molar refractivity (Wildman–Crippen MR) is 109 cm³/mol. The second-order valence-electron chi connectivity index (χ2n) is 6.90. The summed E-state index contributed by atoms with van der Waals surface area (Å²) in [7, 11) is 3.19. The van der Waals surface area contributed by atoms with Gasteiger partial charge >= 0.3 is 0 Å². The summed E-state index contributed by atoms with van der Waals surface area (Å²) in [4.78, 5) is 2.59. The van der Waals surface area contributed by atoms with Gasteiger partial charge in [0.05, 0.1) is 14.2 Å². The summed E-state index contributed by atoms with van der Waals surface area (Å²) >= 11 is 0. The molecule has 1 aromatic rings. The van der Waals surface area contributed by atoms with Crippen molar-refractivity contribution in [3.8, 4) is 17.2 Å². The average Bonchev–Trinajstić information content (AvgIpc) is 2.65. The van der Waals surface area contributed by atoms with Crippen LogP contribution in [0.2, 0.25) is 0 Å². The van der Waals surface area contributed by atoms with E-state index in [2.05, 4.69) is 10.2 Å². The van der Waals surface area contributed by atoms with Crippen molar-refractivity contribution in [2.24, 2.45) is 5.92 Å². The van der Waals surface area contributed by atoms with Crippen LogP contribution in [-0.4, -0.2) is 50.4 Å². The Morgan fingerprint density at radius 1 is 1.00 bits per heavy atom. The second-order valence-corrected chi connectivity index (χ2v) is 6.90. The zero-order chi connectivity index (χ0) is 16.9. The van der Waals surface area contributed by atoms with Crippen LogP contribution in [0.4, 0.5) is 0 Å². The third kappa shape index (κ3) is 5.10. The molecule has 0 unspecified atom stereocenters. The molecule has 1 heterocycles. The quantitative estimate of drug-likeness (QED) is 0.778. The second kappa shape index (κ2) is 11.1. The highest BCUT2D eigenvalue weighted by Crippen LogP contribution is 2.44. The van der Waals surface area contributed by atoms with E-state index in [1.54, 1.807) is 14.2 Å². The highest BCUT2D eigenvalue weighted by Gasteiger charge is 2.32. The van der Waals surface area contributed by atoms with Gasteiger partial charge in [0.25, 0.3) is 0 Å². The van der Waals surface area contributed by atoms with Gasteiger partial charge in [-0.15, -0.1) is 24.8 Å². The van der Waals surface area contributed by atoms with Crippen molar-refractivity contribution in [3.63, 3.8) is 0 Å². The molecular weight excluding hydrogens is 375 g/mol. The Morgan fingerprint density at radius 3 is 2.04 bits per heavy atom. The van der Waals surface area contributed by atoms with E-state index in [4.69, 9.17) is 9.47 Å². The van der Waals surface area contributed by atoms with Crippen LogP contribution >= 0.6 is 24.8 Å². The molecule has 0 spiro atoms. The van der Waals surface area contributed by atoms with Gasteiger partial charge in [-0.2, -0.15) is 0 Å². The summed E-state index contributed by atoms with van der Waals surface area (Å²) in [5, 5.41) is 13.7. The van der Waals surface area contributed by atoms with Gasteiger partial charge < -0.3 is 19.9 Å². The molecule has 150 valence electrons. The molecule has 0 radical (unpaired) electrons. The normalized spacial score (nSPS) is 19.8. The molecule has 1 atom stereocenters. The van der Waals surface area contributed by atoms with Crippen molar-refractivity contribution < 1.29 is 14.6 Å². The van der Waals surface area contributed by atoms with Crippen molar-refractivity contribution in [2.75, 3.05) is 40.4 Å². The molecule has 3 rings (SSSR count). The predicted octanol–water partition coefficient (Wildman–Crippen LogP) is 3.78. The Balaban J connectivity index is 0.00000169. The zero-order valence-electron chi connectivity index (χ0n) is 15.7. The molecule has 1 saturated carbocycles. The number of piperazine rings is 1. The fourth-order valence-corrected chi connectivity index (χ4v) is 4.28. The number of methoxy groups -OCH3 is 2. The molecule has 1 aliphatic heterocycles. The van der Waals surface area contributed by atoms with Crippen LogP contribution in [-0.2, 0) is 0 Å². The first kappa shape index (κ1) is 23.2. The summed E-state index contributed by atoms with van der Waals surface area (Å²) in [5.41, 5.74) is 1.20. The van der Waals surface area contributed by atoms with E-state index in [1.807, 2.05) is 12.1 Å². The average molecular weight is 407 g/mol. The van der Waals surface area contributed by atoms with Crippen LogP contribution in [0.3, 0.4) is 0 Å². The lowest BCUT2D eigenvalue weighted by atomic mass is 9.80. The molecule has 1 aliphatic carbocycles. The number of hydrogen-bond donors (Lipinski definition) is 2. The number of aromatic hydroxyl groups is 1. The van der Waals surface area contributed by atoms with Crippen LogP contribution in [0.1, 0.15) is 43.7 Å². The molecule has 0 bridgehead atoms. The van der Waals surface area contributed by atoms with Crippen LogP contribution in [0, 0.1) is 5.92 Å². The van der Waals surface area contributed by atoms with Gasteiger partial charge in [-0.1, -0.05) is 19.3 Å². The van der Waals surface area contributed by atoms with E-state index in [9.17, 15) is 5.11 Å². The topological polar surface area (TPSA) is 54.0 Å². The number of phenols is 1. The fraction of sp³-hybridized carbons (Fsp3) is 0.684. The number of rotatable bonds is 5. The molecule has 2 N–H and O–H groups in total. The van der Waals surface area contributed by atoms with Crippen molar-refractivity contribution in [3.05, 3.63) is 17.7 Å². The lowest BCUT2D eigenvalue weighted by molar-refractivity contribution is 0.103. The summed E-state index contributed by atoms with van der Waals surface area (Å²) in [5.74, 6) is 1.75. The Morgan fingerprint density at radius 2 is 1.54 bits per heavy atom. The molecule has 5 nitrogen and oxygen atoms in total. The standard InChI is InChI=1S/C19H30N2O3.2ClH/c1-23-16-12-15(13-17(24-2)19(16)22)18(14-6-4-3-5-7-14)21-10-8-20-9-11-21;;/h12-14,18,20,22H,3-11H2,1-2H3;2*1H/t18-;;/m0../s1. The Hall–Kier alpha value is -0.880. The summed E-state index contributed by atoms with van der Waals surface area (Å²) in [6.07, 6.45) is 6.55. The smallest absolute Gasteiger partial charge is 0.200 e. The molecule has 7 heteroatoms. The fourth-order valence-electron chi connectivity index (χ4n) is 4.28. The molecule has 0 amide bonds. The van der Waals surface area contributed by atoms with Crippen LogP contribution < -0.4 is 14.8 Å². The number of hydrogen-bond acceptors (Lipinski definition) is 5. The SMILES string of the molecule is COc1cc([C@H](C2CCCCC2)N2CCNCC2)cc(OC)c1O.Cl.Cl. The molecule has 1 aromatic carbocycles. The highest BCUT2D eigenvalue weighted by molar-refractivity contribution is 5.85. The summed E-state index contributed by atoms with van der Waals surface area (Å²) < 4.78 is 10.8. The molecule has 1 saturated heterocycles. The number of nitrogens with one attached hydrogen (secondary N) is 1. The van der Waals surface area contributed by atoms with Crippen LogP contribution in [0.25, 0.3) is 0 Å². The van der Waals surface area contributed by atoms with Crippen LogP contribution in [0.5, 0.6) is 17.2 Å². The van der Waals surface area contributed by atoms with E-state index in [-0.39, 0.29) is 30.6 Å². The Kier molecular flexibility index (Phi) is 9.86. The first-order chi connectivity index (χ1) is 11.7. The van der Waals surface area contributed by atoms with E-state index in [0.29, 0.717) is 23.5 Å². The maximum atomic E-state index is 10.2. The third-order valence-corrected chi connectivity index (χ3v) is 5.48. The number of phenolic OH excluding ortho intramolecular Hbond substituents is 1. The number of ether oxygens (including phenoxy) is 2. The van der Waals surface area contributed by atoms with Crippen LogP contribution in [0.15, 0.2) is 12.1 Å². The van der Waals surface area contributed by atoms with E-state index in [0.717, 1.165) is 26.2 Å². The number of nitrogens with zero attached hydrogens (tertiary/aromatic N) is 1. The molecular formula is C19H32Cl2N2O3. The van der Waals surface area contributed by atoms with Crippen molar-refractivity contribution in [2.45, 2.75) is 38.1 Å². The van der Waals surface area contributed by atoms with Gasteiger partial charge in [-0.05, 0) is 36.5 Å². The van der Waals surface area contributed by atoms with E-state index < -0.39 is 0 Å². The lowest BCUT2D eigenvalue weighted by Crippen LogP contribution is -2.47. The largest absolute Gasteiger partial charge is 0.502 e. The Labute approximate surface area is 169 Å². The van der Waals surface area contributed by atoms with Gasteiger partial charge in [-0.3, -0.25) is 4.90 Å². The Bertz CT molecular complexity index is 505. The number of benzene rings is 1. The minimum Gasteiger partial charge on any atom is -0.502 e. The van der Waals surface area contributed by atoms with Crippen molar-refractivity contribution >= 4 is 24.8 Å². The van der Waals surface area contributed by atoms with Gasteiger partial charge in [0.1, 0.15) is 0 Å². The number of halogens is 2. The minimum atomic E-state index is 0. The maximum absolute atomic E-state index is 10.2. The minimum absolute atomic E-state index is 0. The molecule has 0 aromatic heterocycles. The first-order valence-electron chi connectivity index (χ1n) is 9.14. The third-order valence-electron chi connectivity index (χ3n) is 5.48. The summed E-state index contributed by atoms with van der Waals surface area (Å²) in [6, 6.07) is 4.37. The van der Waals surface area contributed by atoms with Gasteiger partial charge in [0, 0.05) is 32.2 Å². The van der Waals surface area contributed by atoms with Gasteiger partial charge in [-0.25, -0.2) is 0 Å². The first-order valence-corrected chi connectivity index (χ1v) is 9.14.